The van der Waals surface area contributed by atoms with Gasteiger partial charge in [-0.25, -0.2) is 4.98 Å². The number of amides is 1. The van der Waals surface area contributed by atoms with E-state index in [-0.39, 0.29) is 17.2 Å². The van der Waals surface area contributed by atoms with Gasteiger partial charge in [0, 0.05) is 31.8 Å². The minimum absolute atomic E-state index is 0.0721. The lowest BCUT2D eigenvalue weighted by atomic mass is 10.2. The summed E-state index contributed by atoms with van der Waals surface area (Å²) in [5, 5.41) is 0.250. The van der Waals surface area contributed by atoms with E-state index < -0.39 is 0 Å². The molecule has 1 aromatic rings. The maximum Gasteiger partial charge on any atom is 0.254 e. The molecule has 1 aromatic heterocycles. The van der Waals surface area contributed by atoms with Gasteiger partial charge in [-0.3, -0.25) is 4.79 Å². The van der Waals surface area contributed by atoms with Crippen LogP contribution in [0.4, 0.5) is 0 Å². The summed E-state index contributed by atoms with van der Waals surface area (Å²) in [6.07, 6.45) is 0.978. The second kappa shape index (κ2) is 5.54. The van der Waals surface area contributed by atoms with Crippen LogP contribution in [-0.2, 0) is 4.74 Å². The minimum atomic E-state index is -0.0721. The number of likely N-dealkylation sites (tertiary alicyclic amines) is 1. The largest absolute Gasteiger partial charge is 0.481 e. The predicted molar refractivity (Wildman–Crippen MR) is 67.1 cm³/mol. The molecule has 1 aliphatic heterocycles. The molecule has 1 aliphatic rings. The molecule has 0 saturated carbocycles. The van der Waals surface area contributed by atoms with E-state index in [9.17, 15) is 4.79 Å². The average molecular weight is 271 g/mol. The van der Waals surface area contributed by atoms with Gasteiger partial charge in [-0.05, 0) is 12.5 Å². The van der Waals surface area contributed by atoms with Crippen molar-refractivity contribution in [2.24, 2.45) is 0 Å². The summed E-state index contributed by atoms with van der Waals surface area (Å²) in [6.45, 7) is 1.30. The first-order chi connectivity index (χ1) is 8.63. The first-order valence-electron chi connectivity index (χ1n) is 5.67. The van der Waals surface area contributed by atoms with Crippen LogP contribution in [0.15, 0.2) is 12.1 Å². The van der Waals surface area contributed by atoms with Gasteiger partial charge in [-0.15, -0.1) is 0 Å². The third-order valence-electron chi connectivity index (χ3n) is 2.99. The zero-order chi connectivity index (χ0) is 13.1. The lowest BCUT2D eigenvalue weighted by Crippen LogP contribution is -2.30. The molecule has 2 heterocycles. The quantitative estimate of drug-likeness (QED) is 0.783. The van der Waals surface area contributed by atoms with Crippen molar-refractivity contribution in [1.29, 1.82) is 0 Å². The van der Waals surface area contributed by atoms with Crippen LogP contribution in [0.5, 0.6) is 5.88 Å². The molecule has 1 saturated heterocycles. The number of carbonyl (C=O) groups excluding carboxylic acids is 1. The fourth-order valence-electron chi connectivity index (χ4n) is 1.99. The molecule has 0 radical (unpaired) electrons. The smallest absolute Gasteiger partial charge is 0.254 e. The van der Waals surface area contributed by atoms with Crippen LogP contribution in [0, 0.1) is 0 Å². The topological polar surface area (TPSA) is 51.7 Å². The Morgan fingerprint density at radius 2 is 2.28 bits per heavy atom. The molecule has 6 heteroatoms. The number of pyridine rings is 1. The van der Waals surface area contributed by atoms with Crippen LogP contribution < -0.4 is 4.74 Å². The molecule has 0 N–H and O–H groups in total. The number of nitrogens with zero attached hydrogens (tertiary/aromatic N) is 2. The van der Waals surface area contributed by atoms with Gasteiger partial charge >= 0.3 is 0 Å². The fourth-order valence-corrected chi connectivity index (χ4v) is 2.19. The van der Waals surface area contributed by atoms with E-state index in [1.54, 1.807) is 24.1 Å². The highest BCUT2D eigenvalue weighted by atomic mass is 35.5. The number of hydrogen-bond acceptors (Lipinski definition) is 4. The molecule has 0 spiro atoms. The third-order valence-corrected chi connectivity index (χ3v) is 3.19. The van der Waals surface area contributed by atoms with Crippen molar-refractivity contribution in [3.05, 3.63) is 22.8 Å². The van der Waals surface area contributed by atoms with Gasteiger partial charge in [0.2, 0.25) is 5.88 Å². The van der Waals surface area contributed by atoms with Crippen LogP contribution in [0.3, 0.4) is 0 Å². The van der Waals surface area contributed by atoms with Crippen LogP contribution in [-0.4, -0.2) is 49.2 Å². The summed E-state index contributed by atoms with van der Waals surface area (Å²) in [5.41, 5.74) is 0.489. The Labute approximate surface area is 111 Å². The number of methoxy groups -OCH3 is 2. The van der Waals surface area contributed by atoms with Crippen molar-refractivity contribution in [1.82, 2.24) is 9.88 Å². The van der Waals surface area contributed by atoms with E-state index in [0.717, 1.165) is 6.42 Å². The Morgan fingerprint density at radius 1 is 1.50 bits per heavy atom. The van der Waals surface area contributed by atoms with Crippen molar-refractivity contribution in [3.63, 3.8) is 0 Å². The SMILES string of the molecule is COc1cc(C(=O)N2CCC(OC)C2)cc(Cl)n1. The molecule has 0 aromatic carbocycles. The van der Waals surface area contributed by atoms with Crippen molar-refractivity contribution in [2.45, 2.75) is 12.5 Å². The van der Waals surface area contributed by atoms with E-state index in [4.69, 9.17) is 21.1 Å². The number of carbonyl (C=O) groups is 1. The maximum absolute atomic E-state index is 12.3. The standard InChI is InChI=1S/C12H15ClN2O3/c1-17-9-3-4-15(7-9)12(16)8-5-10(13)14-11(6-8)18-2/h5-6,9H,3-4,7H2,1-2H3. The van der Waals surface area contributed by atoms with Crippen molar-refractivity contribution in [2.75, 3.05) is 27.3 Å². The average Bonchev–Trinajstić information content (AvgIpc) is 2.85. The van der Waals surface area contributed by atoms with Gasteiger partial charge in [0.05, 0.1) is 13.2 Å². The molecule has 98 valence electrons. The Balaban J connectivity index is 2.16. The molecular formula is C12H15ClN2O3. The normalized spacial score (nSPS) is 19.1. The molecule has 18 heavy (non-hydrogen) atoms. The predicted octanol–water partition coefficient (Wildman–Crippen LogP) is 1.60. The third kappa shape index (κ3) is 2.73. The van der Waals surface area contributed by atoms with E-state index in [1.807, 2.05) is 0 Å². The van der Waals surface area contributed by atoms with Crippen LogP contribution in [0.1, 0.15) is 16.8 Å². The summed E-state index contributed by atoms with van der Waals surface area (Å²) < 4.78 is 10.2. The van der Waals surface area contributed by atoms with Crippen molar-refractivity contribution >= 4 is 17.5 Å². The maximum atomic E-state index is 12.3. The summed E-state index contributed by atoms with van der Waals surface area (Å²) in [5.74, 6) is 0.269. The Kier molecular flexibility index (Phi) is 4.04. The summed E-state index contributed by atoms with van der Waals surface area (Å²) in [7, 11) is 3.15. The van der Waals surface area contributed by atoms with E-state index in [2.05, 4.69) is 4.98 Å². The van der Waals surface area contributed by atoms with Crippen LogP contribution in [0.25, 0.3) is 0 Å². The molecule has 5 nitrogen and oxygen atoms in total. The number of ether oxygens (including phenoxy) is 2. The first kappa shape index (κ1) is 13.1. The first-order valence-corrected chi connectivity index (χ1v) is 6.05. The van der Waals surface area contributed by atoms with Gasteiger partial charge in [-0.1, -0.05) is 11.6 Å². The second-order valence-electron chi connectivity index (χ2n) is 4.12. The molecule has 0 aliphatic carbocycles. The van der Waals surface area contributed by atoms with Gasteiger partial charge in [-0.2, -0.15) is 0 Å². The molecule has 1 atom stereocenters. The summed E-state index contributed by atoms with van der Waals surface area (Å²) >= 11 is 5.85. The zero-order valence-electron chi connectivity index (χ0n) is 10.4. The van der Waals surface area contributed by atoms with Crippen molar-refractivity contribution < 1.29 is 14.3 Å². The van der Waals surface area contributed by atoms with E-state index in [1.165, 1.54) is 7.11 Å². The number of rotatable bonds is 3. The zero-order valence-corrected chi connectivity index (χ0v) is 11.1. The molecule has 1 fully saturated rings. The molecule has 1 amide bonds. The van der Waals surface area contributed by atoms with Crippen molar-refractivity contribution in [3.8, 4) is 5.88 Å². The minimum Gasteiger partial charge on any atom is -0.481 e. The fraction of sp³-hybridized carbons (Fsp3) is 0.500. The highest BCUT2D eigenvalue weighted by molar-refractivity contribution is 6.29. The van der Waals surface area contributed by atoms with E-state index in [0.29, 0.717) is 24.5 Å². The number of halogens is 1. The molecule has 1 unspecified atom stereocenters. The number of aromatic nitrogens is 1. The Morgan fingerprint density at radius 3 is 2.89 bits per heavy atom. The summed E-state index contributed by atoms with van der Waals surface area (Å²) in [4.78, 5) is 17.9. The van der Waals surface area contributed by atoms with E-state index >= 15 is 0 Å². The molecular weight excluding hydrogens is 256 g/mol. The number of hydrogen-bond donors (Lipinski definition) is 0. The highest BCUT2D eigenvalue weighted by Gasteiger charge is 2.27. The Hall–Kier alpha value is -1.33. The van der Waals surface area contributed by atoms with Crippen LogP contribution in [0.2, 0.25) is 5.15 Å². The summed E-state index contributed by atoms with van der Waals surface area (Å²) in [6, 6.07) is 3.14. The molecule has 0 bridgehead atoms. The lowest BCUT2D eigenvalue weighted by Gasteiger charge is -2.16. The highest BCUT2D eigenvalue weighted by Crippen LogP contribution is 2.20. The Bertz CT molecular complexity index is 453. The van der Waals surface area contributed by atoms with Gasteiger partial charge in [0.1, 0.15) is 5.15 Å². The van der Waals surface area contributed by atoms with Gasteiger partial charge in [0.25, 0.3) is 5.91 Å². The van der Waals surface area contributed by atoms with Crippen LogP contribution >= 0.6 is 11.6 Å². The van der Waals surface area contributed by atoms with Gasteiger partial charge < -0.3 is 14.4 Å². The van der Waals surface area contributed by atoms with Gasteiger partial charge in [0.15, 0.2) is 0 Å². The lowest BCUT2D eigenvalue weighted by molar-refractivity contribution is 0.0723. The second-order valence-corrected chi connectivity index (χ2v) is 4.51. The molecule has 2 rings (SSSR count). The monoisotopic (exact) mass is 270 g/mol.